The summed E-state index contributed by atoms with van der Waals surface area (Å²) in [4.78, 5) is 12.1. The van der Waals surface area contributed by atoms with Crippen LogP contribution < -0.4 is 10.6 Å². The number of amides is 1. The number of hydrogen-bond donors (Lipinski definition) is 3. The summed E-state index contributed by atoms with van der Waals surface area (Å²) in [5, 5.41) is 19.2. The van der Waals surface area contributed by atoms with Crippen molar-refractivity contribution in [2.75, 3.05) is 18.5 Å². The summed E-state index contributed by atoms with van der Waals surface area (Å²) in [5.74, 6) is -0.152. The van der Waals surface area contributed by atoms with Crippen LogP contribution >= 0.6 is 11.3 Å². The molecule has 0 radical (unpaired) electrons. The third-order valence-corrected chi connectivity index (χ3v) is 4.23. The highest BCUT2D eigenvalue weighted by Crippen LogP contribution is 2.21. The molecule has 0 aliphatic rings. The van der Waals surface area contributed by atoms with Gasteiger partial charge in [-0.3, -0.25) is 4.79 Å². The predicted octanol–water partition coefficient (Wildman–Crippen LogP) is 2.82. The average molecular weight is 318 g/mol. The highest BCUT2D eigenvalue weighted by molar-refractivity contribution is 7.07. The molecular weight excluding hydrogens is 296 g/mol. The lowest BCUT2D eigenvalue weighted by Crippen LogP contribution is -2.27. The predicted molar refractivity (Wildman–Crippen MR) is 91.7 cm³/mol. The number of nitrogens with one attached hydrogen (secondary N) is 2. The fourth-order valence-corrected chi connectivity index (χ4v) is 3.06. The largest absolute Gasteiger partial charge is 0.395 e. The SMILES string of the molecule is Cc1c(NC(C)Cc2ccsc2)cccc1C(=O)NCCO. The Bertz CT molecular complexity index is 611. The maximum atomic E-state index is 12.1. The maximum absolute atomic E-state index is 12.1. The van der Waals surface area contributed by atoms with Gasteiger partial charge in [0, 0.05) is 23.8 Å². The number of anilines is 1. The summed E-state index contributed by atoms with van der Waals surface area (Å²) < 4.78 is 0. The molecule has 0 spiro atoms. The van der Waals surface area contributed by atoms with Crippen LogP contribution in [0.15, 0.2) is 35.0 Å². The molecule has 118 valence electrons. The molecule has 1 unspecified atom stereocenters. The van der Waals surface area contributed by atoms with Crippen LogP contribution in [0.4, 0.5) is 5.69 Å². The Kier molecular flexibility index (Phi) is 5.98. The molecule has 1 atom stereocenters. The molecule has 0 saturated heterocycles. The van der Waals surface area contributed by atoms with Crippen LogP contribution in [-0.2, 0) is 6.42 Å². The lowest BCUT2D eigenvalue weighted by molar-refractivity contribution is 0.0944. The molecule has 0 fully saturated rings. The minimum Gasteiger partial charge on any atom is -0.395 e. The fourth-order valence-electron chi connectivity index (χ4n) is 2.38. The first-order valence-electron chi connectivity index (χ1n) is 7.38. The van der Waals surface area contributed by atoms with E-state index in [0.29, 0.717) is 5.56 Å². The molecule has 1 aromatic heterocycles. The number of hydrogen-bond acceptors (Lipinski definition) is 4. The zero-order valence-electron chi connectivity index (χ0n) is 12.9. The summed E-state index contributed by atoms with van der Waals surface area (Å²) >= 11 is 1.70. The normalized spacial score (nSPS) is 12.0. The first-order valence-corrected chi connectivity index (χ1v) is 8.32. The summed E-state index contributed by atoms with van der Waals surface area (Å²) in [6.07, 6.45) is 0.948. The van der Waals surface area contributed by atoms with Crippen molar-refractivity contribution in [1.29, 1.82) is 0 Å². The molecule has 1 heterocycles. The van der Waals surface area contributed by atoms with E-state index in [1.165, 1.54) is 5.56 Å². The Labute approximate surface area is 135 Å². The van der Waals surface area contributed by atoms with Gasteiger partial charge < -0.3 is 15.7 Å². The van der Waals surface area contributed by atoms with Crippen LogP contribution in [0.25, 0.3) is 0 Å². The fraction of sp³-hybridized carbons (Fsp3) is 0.353. The first kappa shape index (κ1) is 16.5. The molecule has 0 aliphatic heterocycles. The van der Waals surface area contributed by atoms with Gasteiger partial charge in [0.15, 0.2) is 0 Å². The van der Waals surface area contributed by atoms with E-state index >= 15 is 0 Å². The lowest BCUT2D eigenvalue weighted by atomic mass is 10.0. The standard InChI is InChI=1S/C17H22N2O2S/c1-12(10-14-6-9-22-11-14)19-16-5-3-4-15(13(16)2)17(21)18-7-8-20/h3-6,9,11-12,19-20H,7-8,10H2,1-2H3,(H,18,21). The summed E-state index contributed by atoms with van der Waals surface area (Å²) in [7, 11) is 0. The number of aliphatic hydroxyl groups is 1. The monoisotopic (exact) mass is 318 g/mol. The molecule has 3 N–H and O–H groups in total. The van der Waals surface area contributed by atoms with Crippen molar-refractivity contribution < 1.29 is 9.90 Å². The topological polar surface area (TPSA) is 61.4 Å². The average Bonchev–Trinajstić information content (AvgIpc) is 2.99. The Morgan fingerprint density at radius 3 is 2.86 bits per heavy atom. The first-order chi connectivity index (χ1) is 10.6. The van der Waals surface area contributed by atoms with Crippen molar-refractivity contribution in [3.8, 4) is 0 Å². The van der Waals surface area contributed by atoms with Crippen molar-refractivity contribution in [2.45, 2.75) is 26.3 Å². The van der Waals surface area contributed by atoms with Crippen molar-refractivity contribution in [1.82, 2.24) is 5.32 Å². The van der Waals surface area contributed by atoms with Gasteiger partial charge in [-0.25, -0.2) is 0 Å². The van der Waals surface area contributed by atoms with Gasteiger partial charge in [-0.05, 0) is 60.4 Å². The van der Waals surface area contributed by atoms with Crippen LogP contribution in [0.5, 0.6) is 0 Å². The van der Waals surface area contributed by atoms with Crippen LogP contribution in [0.1, 0.15) is 28.4 Å². The number of aliphatic hydroxyl groups excluding tert-OH is 1. The van der Waals surface area contributed by atoms with Crippen molar-refractivity contribution in [3.63, 3.8) is 0 Å². The minimum absolute atomic E-state index is 0.0552. The zero-order valence-corrected chi connectivity index (χ0v) is 13.7. The van der Waals surface area contributed by atoms with E-state index in [1.54, 1.807) is 17.4 Å². The smallest absolute Gasteiger partial charge is 0.251 e. The molecule has 2 aromatic rings. The number of benzene rings is 1. The van der Waals surface area contributed by atoms with Crippen molar-refractivity contribution >= 4 is 22.9 Å². The molecule has 0 saturated carbocycles. The molecule has 0 bridgehead atoms. The summed E-state index contributed by atoms with van der Waals surface area (Å²) in [6.45, 7) is 4.29. The van der Waals surface area contributed by atoms with E-state index in [0.717, 1.165) is 17.7 Å². The van der Waals surface area contributed by atoms with Crippen LogP contribution in [0.3, 0.4) is 0 Å². The van der Waals surface area contributed by atoms with E-state index in [2.05, 4.69) is 34.4 Å². The van der Waals surface area contributed by atoms with Crippen LogP contribution in [0.2, 0.25) is 0 Å². The highest BCUT2D eigenvalue weighted by Gasteiger charge is 2.12. The number of thiophene rings is 1. The Morgan fingerprint density at radius 1 is 1.36 bits per heavy atom. The Balaban J connectivity index is 2.06. The van der Waals surface area contributed by atoms with Gasteiger partial charge in [0.05, 0.1) is 6.61 Å². The molecule has 5 heteroatoms. The highest BCUT2D eigenvalue weighted by atomic mass is 32.1. The van der Waals surface area contributed by atoms with Crippen LogP contribution in [0, 0.1) is 6.92 Å². The third-order valence-electron chi connectivity index (χ3n) is 3.50. The number of carbonyl (C=O) groups excluding carboxylic acids is 1. The van der Waals surface area contributed by atoms with Gasteiger partial charge in [0.1, 0.15) is 0 Å². The Hall–Kier alpha value is -1.85. The molecule has 2 rings (SSSR count). The molecule has 4 nitrogen and oxygen atoms in total. The van der Waals surface area contributed by atoms with E-state index in [1.807, 2.05) is 19.1 Å². The van der Waals surface area contributed by atoms with E-state index < -0.39 is 0 Å². The Morgan fingerprint density at radius 2 is 2.18 bits per heavy atom. The third kappa shape index (κ3) is 4.32. The molecule has 1 amide bonds. The molecule has 1 aromatic carbocycles. The molecule has 0 aliphatic carbocycles. The van der Waals surface area contributed by atoms with Crippen molar-refractivity contribution in [2.24, 2.45) is 0 Å². The van der Waals surface area contributed by atoms with Gasteiger partial charge in [-0.2, -0.15) is 11.3 Å². The van der Waals surface area contributed by atoms with Gasteiger partial charge in [-0.15, -0.1) is 0 Å². The van der Waals surface area contributed by atoms with Gasteiger partial charge in [-0.1, -0.05) is 6.07 Å². The van der Waals surface area contributed by atoms with E-state index in [-0.39, 0.29) is 25.1 Å². The maximum Gasteiger partial charge on any atom is 0.251 e. The number of rotatable bonds is 7. The lowest BCUT2D eigenvalue weighted by Gasteiger charge is -2.18. The minimum atomic E-state index is -0.152. The second-order valence-corrected chi connectivity index (χ2v) is 6.12. The van der Waals surface area contributed by atoms with E-state index in [9.17, 15) is 4.79 Å². The van der Waals surface area contributed by atoms with E-state index in [4.69, 9.17) is 5.11 Å². The van der Waals surface area contributed by atoms with Crippen molar-refractivity contribution in [3.05, 3.63) is 51.7 Å². The molecular formula is C17H22N2O2S. The quantitative estimate of drug-likeness (QED) is 0.735. The van der Waals surface area contributed by atoms with Gasteiger partial charge >= 0.3 is 0 Å². The summed E-state index contributed by atoms with van der Waals surface area (Å²) in [5.41, 5.74) is 3.86. The second-order valence-electron chi connectivity index (χ2n) is 5.34. The number of carbonyl (C=O) groups is 1. The van der Waals surface area contributed by atoms with Crippen LogP contribution in [-0.4, -0.2) is 30.2 Å². The summed E-state index contributed by atoms with van der Waals surface area (Å²) in [6, 6.07) is 8.08. The van der Waals surface area contributed by atoms with Gasteiger partial charge in [0.25, 0.3) is 5.91 Å². The van der Waals surface area contributed by atoms with Gasteiger partial charge in [0.2, 0.25) is 0 Å². The second kappa shape index (κ2) is 7.96. The molecule has 22 heavy (non-hydrogen) atoms. The zero-order chi connectivity index (χ0) is 15.9.